The Hall–Kier alpha value is -3.81. The second kappa shape index (κ2) is 8.97. The number of carbonyl (C=O) groups is 3. The number of phenols is 1. The first kappa shape index (κ1) is 22.4. The zero-order chi connectivity index (χ0) is 23.7. The minimum atomic E-state index is -0.678. The van der Waals surface area contributed by atoms with Gasteiger partial charge in [0.2, 0.25) is 0 Å². The highest BCUT2D eigenvalue weighted by atomic mass is 35.5. The molecule has 0 unspecified atom stereocenters. The maximum absolute atomic E-state index is 13.0. The van der Waals surface area contributed by atoms with Crippen molar-refractivity contribution < 1.29 is 19.5 Å². The SMILES string of the molecule is Cc1c(Cl)cccc1N1C(=O)C(Cl)=C(Nc2cccc(C(=O)Nc3ccccc3O)c2)C1=O. The van der Waals surface area contributed by atoms with Crippen LogP contribution in [0.1, 0.15) is 15.9 Å². The molecule has 9 heteroatoms. The largest absolute Gasteiger partial charge is 0.506 e. The Labute approximate surface area is 199 Å². The van der Waals surface area contributed by atoms with Gasteiger partial charge in [0.25, 0.3) is 17.7 Å². The lowest BCUT2D eigenvalue weighted by Gasteiger charge is -2.18. The number of anilines is 3. The lowest BCUT2D eigenvalue weighted by Crippen LogP contribution is -2.32. The first-order valence-corrected chi connectivity index (χ1v) is 10.5. The Kier molecular flexibility index (Phi) is 6.09. The van der Waals surface area contributed by atoms with Gasteiger partial charge in [0.15, 0.2) is 0 Å². The summed E-state index contributed by atoms with van der Waals surface area (Å²) in [7, 11) is 0. The van der Waals surface area contributed by atoms with Crippen LogP contribution in [0.25, 0.3) is 0 Å². The van der Waals surface area contributed by atoms with Gasteiger partial charge in [-0.25, -0.2) is 4.90 Å². The molecule has 0 aromatic heterocycles. The fraction of sp³-hybridized carbons (Fsp3) is 0.0417. The van der Waals surface area contributed by atoms with Crippen LogP contribution in [-0.2, 0) is 9.59 Å². The van der Waals surface area contributed by atoms with Gasteiger partial charge in [-0.15, -0.1) is 0 Å². The zero-order valence-electron chi connectivity index (χ0n) is 17.2. The summed E-state index contributed by atoms with van der Waals surface area (Å²) >= 11 is 12.3. The van der Waals surface area contributed by atoms with Crippen LogP contribution in [0.3, 0.4) is 0 Å². The van der Waals surface area contributed by atoms with Crippen LogP contribution >= 0.6 is 23.2 Å². The molecule has 0 spiro atoms. The van der Waals surface area contributed by atoms with E-state index in [0.29, 0.717) is 22.0 Å². The maximum Gasteiger partial charge on any atom is 0.283 e. The molecule has 33 heavy (non-hydrogen) atoms. The number of nitrogens with zero attached hydrogens (tertiary/aromatic N) is 1. The van der Waals surface area contributed by atoms with Crippen molar-refractivity contribution >= 4 is 58.0 Å². The second-order valence-electron chi connectivity index (χ2n) is 7.20. The van der Waals surface area contributed by atoms with E-state index in [9.17, 15) is 19.5 Å². The number of hydrogen-bond acceptors (Lipinski definition) is 5. The third-order valence-corrected chi connectivity index (χ3v) is 5.81. The number of hydrogen-bond donors (Lipinski definition) is 3. The van der Waals surface area contributed by atoms with Crippen LogP contribution < -0.4 is 15.5 Å². The van der Waals surface area contributed by atoms with E-state index in [1.165, 1.54) is 12.1 Å². The molecule has 7 nitrogen and oxygen atoms in total. The average molecular weight is 482 g/mol. The molecular weight excluding hydrogens is 465 g/mol. The summed E-state index contributed by atoms with van der Waals surface area (Å²) in [6.07, 6.45) is 0. The van der Waals surface area contributed by atoms with E-state index in [1.807, 2.05) is 0 Å². The van der Waals surface area contributed by atoms with Crippen molar-refractivity contribution in [1.82, 2.24) is 0 Å². The molecule has 0 saturated heterocycles. The van der Waals surface area contributed by atoms with Gasteiger partial charge in [-0.05, 0) is 55.0 Å². The van der Waals surface area contributed by atoms with Gasteiger partial charge in [-0.2, -0.15) is 0 Å². The standard InChI is InChI=1S/C24H17Cl2N3O4/c1-13-16(25)8-5-10-18(13)29-23(32)20(26)21(24(29)33)27-15-7-4-6-14(12-15)22(31)28-17-9-2-3-11-19(17)30/h2-12,27,30H,1H3,(H,28,31). The van der Waals surface area contributed by atoms with E-state index in [0.717, 1.165) is 4.90 Å². The molecule has 0 aliphatic carbocycles. The molecule has 3 amide bonds. The Morgan fingerprint density at radius 1 is 0.939 bits per heavy atom. The topological polar surface area (TPSA) is 98.7 Å². The first-order valence-electron chi connectivity index (χ1n) is 9.78. The molecule has 166 valence electrons. The third-order valence-electron chi connectivity index (χ3n) is 5.05. The molecule has 1 aliphatic rings. The molecule has 3 N–H and O–H groups in total. The molecule has 3 aromatic carbocycles. The van der Waals surface area contributed by atoms with Crippen LogP contribution in [0.4, 0.5) is 17.1 Å². The van der Waals surface area contributed by atoms with Crippen LogP contribution in [0.2, 0.25) is 5.02 Å². The van der Waals surface area contributed by atoms with E-state index in [-0.39, 0.29) is 27.7 Å². The first-order chi connectivity index (χ1) is 15.8. The van der Waals surface area contributed by atoms with Crippen molar-refractivity contribution in [2.45, 2.75) is 6.92 Å². The molecule has 3 aromatic rings. The minimum Gasteiger partial charge on any atom is -0.506 e. The highest BCUT2D eigenvalue weighted by Gasteiger charge is 2.39. The number of rotatable bonds is 5. The normalized spacial score (nSPS) is 13.5. The molecule has 0 radical (unpaired) electrons. The van der Waals surface area contributed by atoms with Crippen molar-refractivity contribution in [3.8, 4) is 5.75 Å². The van der Waals surface area contributed by atoms with Gasteiger partial charge in [-0.3, -0.25) is 14.4 Å². The summed E-state index contributed by atoms with van der Waals surface area (Å²) in [5.74, 6) is -1.85. The van der Waals surface area contributed by atoms with Crippen LogP contribution in [0, 0.1) is 6.92 Å². The van der Waals surface area contributed by atoms with E-state index in [1.54, 1.807) is 61.5 Å². The van der Waals surface area contributed by atoms with Crippen molar-refractivity contribution in [2.75, 3.05) is 15.5 Å². The lowest BCUT2D eigenvalue weighted by molar-refractivity contribution is -0.120. The minimum absolute atomic E-state index is 0.0662. The fourth-order valence-corrected chi connectivity index (χ4v) is 3.71. The Balaban J connectivity index is 1.57. The van der Waals surface area contributed by atoms with Crippen molar-refractivity contribution in [2.24, 2.45) is 0 Å². The van der Waals surface area contributed by atoms with Crippen LogP contribution in [-0.4, -0.2) is 22.8 Å². The Morgan fingerprint density at radius 3 is 2.42 bits per heavy atom. The number of phenolic OH excluding ortho intramolecular Hbond substituents is 1. The zero-order valence-corrected chi connectivity index (χ0v) is 18.7. The average Bonchev–Trinajstić information content (AvgIpc) is 3.00. The summed E-state index contributed by atoms with van der Waals surface area (Å²) in [6.45, 7) is 1.70. The van der Waals surface area contributed by atoms with Gasteiger partial charge in [0.05, 0.1) is 11.4 Å². The monoisotopic (exact) mass is 481 g/mol. The van der Waals surface area contributed by atoms with Gasteiger partial charge in [-0.1, -0.05) is 47.5 Å². The summed E-state index contributed by atoms with van der Waals surface area (Å²) in [5, 5.41) is 15.5. The number of imide groups is 1. The highest BCUT2D eigenvalue weighted by molar-refractivity contribution is 6.53. The number of para-hydroxylation sites is 2. The van der Waals surface area contributed by atoms with E-state index in [4.69, 9.17) is 23.2 Å². The second-order valence-corrected chi connectivity index (χ2v) is 7.98. The van der Waals surface area contributed by atoms with Crippen LogP contribution in [0.5, 0.6) is 5.75 Å². The predicted molar refractivity (Wildman–Crippen MR) is 128 cm³/mol. The number of amides is 3. The third kappa shape index (κ3) is 4.28. The lowest BCUT2D eigenvalue weighted by atomic mass is 10.1. The molecule has 1 heterocycles. The molecule has 0 saturated carbocycles. The Morgan fingerprint density at radius 2 is 1.67 bits per heavy atom. The van der Waals surface area contributed by atoms with E-state index in [2.05, 4.69) is 10.6 Å². The summed E-state index contributed by atoms with van der Waals surface area (Å²) < 4.78 is 0. The van der Waals surface area contributed by atoms with E-state index < -0.39 is 17.7 Å². The molecular formula is C24H17Cl2N3O4. The van der Waals surface area contributed by atoms with Crippen molar-refractivity contribution in [3.05, 3.63) is 93.6 Å². The van der Waals surface area contributed by atoms with Gasteiger partial charge < -0.3 is 15.7 Å². The molecule has 0 fully saturated rings. The summed E-state index contributed by atoms with van der Waals surface area (Å²) in [6, 6.07) is 17.5. The number of aromatic hydroxyl groups is 1. The fourth-order valence-electron chi connectivity index (χ4n) is 3.32. The maximum atomic E-state index is 13.0. The van der Waals surface area contributed by atoms with Crippen LogP contribution in [0.15, 0.2) is 77.5 Å². The quantitative estimate of drug-likeness (QED) is 0.350. The number of halogens is 2. The number of carbonyl (C=O) groups excluding carboxylic acids is 3. The number of nitrogens with one attached hydrogen (secondary N) is 2. The van der Waals surface area contributed by atoms with Gasteiger partial charge in [0.1, 0.15) is 16.5 Å². The summed E-state index contributed by atoms with van der Waals surface area (Å²) in [4.78, 5) is 39.3. The molecule has 4 rings (SSSR count). The smallest absolute Gasteiger partial charge is 0.283 e. The summed E-state index contributed by atoms with van der Waals surface area (Å²) in [5.41, 5.74) is 1.69. The van der Waals surface area contributed by atoms with E-state index >= 15 is 0 Å². The molecule has 1 aliphatic heterocycles. The van der Waals surface area contributed by atoms with Gasteiger partial charge in [0, 0.05) is 16.3 Å². The molecule has 0 bridgehead atoms. The van der Waals surface area contributed by atoms with Crippen molar-refractivity contribution in [3.63, 3.8) is 0 Å². The van der Waals surface area contributed by atoms with Gasteiger partial charge >= 0.3 is 0 Å². The Bertz CT molecular complexity index is 1340. The highest BCUT2D eigenvalue weighted by Crippen LogP contribution is 2.34. The molecule has 0 atom stereocenters. The number of benzene rings is 3. The van der Waals surface area contributed by atoms with Crippen molar-refractivity contribution in [1.29, 1.82) is 0 Å². The predicted octanol–water partition coefficient (Wildman–Crippen LogP) is 5.04.